The normalized spacial score (nSPS) is 21.1. The number of aliphatic hydroxyl groups is 1. The number of hydrogen-bond donors (Lipinski definition) is 1. The number of carbonyl (C=O) groups is 1. The van der Waals surface area contributed by atoms with Crippen molar-refractivity contribution in [2.45, 2.75) is 64.5 Å². The molecule has 0 aliphatic carbocycles. The lowest BCUT2D eigenvalue weighted by atomic mass is 9.92. The molecule has 4 rings (SSSR count). The van der Waals surface area contributed by atoms with Gasteiger partial charge in [-0.2, -0.15) is 0 Å². The maximum absolute atomic E-state index is 13.5. The zero-order valence-corrected chi connectivity index (χ0v) is 18.3. The molecule has 1 aliphatic rings. The highest BCUT2D eigenvalue weighted by Crippen LogP contribution is 2.34. The van der Waals surface area contributed by atoms with Gasteiger partial charge >= 0.3 is 0 Å². The number of rotatable bonds is 5. The van der Waals surface area contributed by atoms with Gasteiger partial charge in [-0.3, -0.25) is 4.79 Å². The van der Waals surface area contributed by atoms with Gasteiger partial charge in [-0.05, 0) is 57.4 Å². The molecule has 3 aromatic rings. The largest absolute Gasteiger partial charge is 0.445 e. The van der Waals surface area contributed by atoms with Crippen LogP contribution in [0.4, 0.5) is 0 Å². The van der Waals surface area contributed by atoms with Crippen LogP contribution in [0.3, 0.4) is 0 Å². The SMILES string of the molecule is CC[C@@](C)(O)c1nc([C@@H]2CC[C@@H](C)N(C(=O)c3ccccc3-n3ncnn3)C2)oc1C. The van der Waals surface area contributed by atoms with E-state index in [-0.39, 0.29) is 17.9 Å². The molecule has 0 spiro atoms. The van der Waals surface area contributed by atoms with Gasteiger partial charge in [0, 0.05) is 12.6 Å². The van der Waals surface area contributed by atoms with Crippen LogP contribution >= 0.6 is 0 Å². The number of aryl methyl sites for hydroxylation is 1. The van der Waals surface area contributed by atoms with Crippen LogP contribution < -0.4 is 0 Å². The van der Waals surface area contributed by atoms with Crippen LogP contribution in [0, 0.1) is 6.92 Å². The fourth-order valence-corrected chi connectivity index (χ4v) is 4.11. The zero-order chi connectivity index (χ0) is 22.2. The number of hydrogen-bond acceptors (Lipinski definition) is 7. The molecule has 1 aromatic carbocycles. The average Bonchev–Trinajstić information content (AvgIpc) is 3.44. The third-order valence-electron chi connectivity index (χ3n) is 6.20. The summed E-state index contributed by atoms with van der Waals surface area (Å²) in [6, 6.07) is 7.33. The van der Waals surface area contributed by atoms with E-state index in [0.29, 0.717) is 41.6 Å². The zero-order valence-electron chi connectivity index (χ0n) is 18.3. The minimum atomic E-state index is -1.03. The third kappa shape index (κ3) is 3.97. The first kappa shape index (κ1) is 21.2. The van der Waals surface area contributed by atoms with E-state index < -0.39 is 5.60 Å². The van der Waals surface area contributed by atoms with Gasteiger partial charge < -0.3 is 14.4 Å². The number of piperidine rings is 1. The minimum absolute atomic E-state index is 0.0306. The molecule has 1 aliphatic heterocycles. The van der Waals surface area contributed by atoms with Gasteiger partial charge in [-0.15, -0.1) is 15.0 Å². The Morgan fingerprint density at radius 2 is 2.10 bits per heavy atom. The third-order valence-corrected chi connectivity index (χ3v) is 6.20. The maximum Gasteiger partial charge on any atom is 0.256 e. The molecular weight excluding hydrogens is 396 g/mol. The molecule has 9 heteroatoms. The van der Waals surface area contributed by atoms with E-state index in [2.05, 4.69) is 27.3 Å². The molecule has 1 fully saturated rings. The molecule has 2 aromatic heterocycles. The second-order valence-electron chi connectivity index (χ2n) is 8.41. The molecular formula is C22H28N6O3. The second-order valence-corrected chi connectivity index (χ2v) is 8.41. The van der Waals surface area contributed by atoms with Crippen molar-refractivity contribution in [2.24, 2.45) is 0 Å². The van der Waals surface area contributed by atoms with E-state index in [1.54, 1.807) is 19.1 Å². The second kappa shape index (κ2) is 8.22. The number of benzene rings is 1. The van der Waals surface area contributed by atoms with E-state index in [1.165, 1.54) is 11.1 Å². The highest BCUT2D eigenvalue weighted by atomic mass is 16.4. The van der Waals surface area contributed by atoms with Crippen LogP contribution in [0.5, 0.6) is 0 Å². The van der Waals surface area contributed by atoms with Crippen molar-refractivity contribution in [1.29, 1.82) is 0 Å². The van der Waals surface area contributed by atoms with Crippen LogP contribution in [0.15, 0.2) is 35.0 Å². The first-order valence-corrected chi connectivity index (χ1v) is 10.7. The van der Waals surface area contributed by atoms with E-state index >= 15 is 0 Å². The summed E-state index contributed by atoms with van der Waals surface area (Å²) in [4.78, 5) is 21.4. The molecule has 164 valence electrons. The fraction of sp³-hybridized carbons (Fsp3) is 0.500. The summed E-state index contributed by atoms with van der Waals surface area (Å²) in [5, 5.41) is 22.4. The molecule has 31 heavy (non-hydrogen) atoms. The van der Waals surface area contributed by atoms with Crippen LogP contribution in [0.2, 0.25) is 0 Å². The van der Waals surface area contributed by atoms with Crippen LogP contribution in [-0.4, -0.2) is 53.7 Å². The molecule has 1 saturated heterocycles. The number of aromatic nitrogens is 5. The van der Waals surface area contributed by atoms with Crippen molar-refractivity contribution in [1.82, 2.24) is 30.1 Å². The lowest BCUT2D eigenvalue weighted by Gasteiger charge is -2.37. The molecule has 0 bridgehead atoms. The molecule has 1 N–H and O–H groups in total. The monoisotopic (exact) mass is 424 g/mol. The number of para-hydroxylation sites is 1. The highest BCUT2D eigenvalue weighted by molar-refractivity contribution is 5.98. The lowest BCUT2D eigenvalue weighted by molar-refractivity contribution is 0.0473. The van der Waals surface area contributed by atoms with E-state index in [0.717, 1.165) is 12.8 Å². The van der Waals surface area contributed by atoms with Gasteiger partial charge in [0.15, 0.2) is 12.2 Å². The van der Waals surface area contributed by atoms with Crippen molar-refractivity contribution < 1.29 is 14.3 Å². The first-order valence-electron chi connectivity index (χ1n) is 10.7. The Balaban J connectivity index is 1.61. The molecule has 9 nitrogen and oxygen atoms in total. The smallest absolute Gasteiger partial charge is 0.256 e. The van der Waals surface area contributed by atoms with Gasteiger partial charge in [-0.25, -0.2) is 4.98 Å². The van der Waals surface area contributed by atoms with Crippen molar-refractivity contribution in [2.75, 3.05) is 6.54 Å². The number of carbonyl (C=O) groups excluding carboxylic acids is 1. The number of amides is 1. The Bertz CT molecular complexity index is 1060. The molecule has 0 unspecified atom stereocenters. The minimum Gasteiger partial charge on any atom is -0.445 e. The number of nitrogens with zero attached hydrogens (tertiary/aromatic N) is 6. The quantitative estimate of drug-likeness (QED) is 0.670. The van der Waals surface area contributed by atoms with Gasteiger partial charge in [0.25, 0.3) is 5.91 Å². The summed E-state index contributed by atoms with van der Waals surface area (Å²) in [6.07, 6.45) is 3.58. The summed E-state index contributed by atoms with van der Waals surface area (Å²) < 4.78 is 5.95. The predicted octanol–water partition coefficient (Wildman–Crippen LogP) is 2.98. The van der Waals surface area contributed by atoms with E-state index in [9.17, 15) is 9.90 Å². The molecule has 1 amide bonds. The van der Waals surface area contributed by atoms with Crippen LogP contribution in [0.1, 0.15) is 73.7 Å². The summed E-state index contributed by atoms with van der Waals surface area (Å²) >= 11 is 0. The standard InChI is InChI=1S/C22H28N6O3/c1-5-22(4,30)19-15(3)31-20(25-19)16-11-10-14(2)27(12-16)21(29)17-8-6-7-9-18(17)28-24-13-23-26-28/h6-9,13-14,16,30H,5,10-12H2,1-4H3/t14-,16-,22-/m1/s1. The summed E-state index contributed by atoms with van der Waals surface area (Å²) in [7, 11) is 0. The summed E-state index contributed by atoms with van der Waals surface area (Å²) in [5.74, 6) is 1.09. The number of oxazole rings is 1. The molecule has 0 saturated carbocycles. The predicted molar refractivity (Wildman–Crippen MR) is 113 cm³/mol. The Labute approximate surface area is 181 Å². The number of tetrazole rings is 1. The van der Waals surface area contributed by atoms with Gasteiger partial charge in [0.2, 0.25) is 0 Å². The van der Waals surface area contributed by atoms with Crippen LogP contribution in [-0.2, 0) is 5.60 Å². The lowest BCUT2D eigenvalue weighted by Crippen LogP contribution is -2.45. The van der Waals surface area contributed by atoms with Crippen molar-refractivity contribution in [3.63, 3.8) is 0 Å². The Hall–Kier alpha value is -3.07. The van der Waals surface area contributed by atoms with E-state index in [1.807, 2.05) is 30.9 Å². The molecule has 3 atom stereocenters. The van der Waals surface area contributed by atoms with E-state index in [4.69, 9.17) is 4.42 Å². The van der Waals surface area contributed by atoms with Crippen molar-refractivity contribution in [3.8, 4) is 5.69 Å². The van der Waals surface area contributed by atoms with Crippen molar-refractivity contribution in [3.05, 3.63) is 53.5 Å². The van der Waals surface area contributed by atoms with Gasteiger partial charge in [0.1, 0.15) is 22.7 Å². The average molecular weight is 425 g/mol. The topological polar surface area (TPSA) is 110 Å². The van der Waals surface area contributed by atoms with Crippen LogP contribution in [0.25, 0.3) is 5.69 Å². The Morgan fingerprint density at radius 1 is 1.32 bits per heavy atom. The fourth-order valence-electron chi connectivity index (χ4n) is 4.11. The summed E-state index contributed by atoms with van der Waals surface area (Å²) in [6.45, 7) is 8.03. The Morgan fingerprint density at radius 3 is 2.81 bits per heavy atom. The molecule has 3 heterocycles. The summed E-state index contributed by atoms with van der Waals surface area (Å²) in [5.41, 5.74) is 0.649. The van der Waals surface area contributed by atoms with Gasteiger partial charge in [0.05, 0.1) is 11.5 Å². The highest BCUT2D eigenvalue weighted by Gasteiger charge is 2.36. The Kier molecular flexibility index (Phi) is 5.62. The molecule has 0 radical (unpaired) electrons. The van der Waals surface area contributed by atoms with Crippen molar-refractivity contribution >= 4 is 5.91 Å². The first-order chi connectivity index (χ1) is 14.8. The maximum atomic E-state index is 13.5. The van der Waals surface area contributed by atoms with Gasteiger partial charge in [-0.1, -0.05) is 19.1 Å². The number of likely N-dealkylation sites (tertiary alicyclic amines) is 1.